The summed E-state index contributed by atoms with van der Waals surface area (Å²) in [7, 11) is 0. The summed E-state index contributed by atoms with van der Waals surface area (Å²) in [6, 6.07) is 17.3. The Balaban J connectivity index is 2.06. The molecule has 2 aromatic rings. The zero-order chi connectivity index (χ0) is 22.5. The van der Waals surface area contributed by atoms with Gasteiger partial charge >= 0.3 is 5.97 Å². The van der Waals surface area contributed by atoms with E-state index in [1.807, 2.05) is 0 Å². The van der Waals surface area contributed by atoms with Crippen LogP contribution in [-0.2, 0) is 19.9 Å². The number of ether oxygens (including phenoxy) is 2. The minimum atomic E-state index is -2.91. The van der Waals surface area contributed by atoms with Gasteiger partial charge < -0.3 is 14.8 Å². The van der Waals surface area contributed by atoms with Crippen LogP contribution in [0.2, 0.25) is 0 Å². The second-order valence-electron chi connectivity index (χ2n) is 6.23. The maximum absolute atomic E-state index is 13.7. The Kier molecular flexibility index (Phi) is 4.51. The van der Waals surface area contributed by atoms with E-state index < -0.39 is 31.4 Å². The minimum Gasteiger partial charge on any atom is -0.460 e. The van der Waals surface area contributed by atoms with Gasteiger partial charge in [0.2, 0.25) is 5.60 Å². The van der Waals surface area contributed by atoms with Crippen LogP contribution in [0.4, 0.5) is 0 Å². The summed E-state index contributed by atoms with van der Waals surface area (Å²) >= 11 is 0. The number of hydrogen-bond acceptors (Lipinski definition) is 4. The molecule has 0 atom stereocenters. The lowest BCUT2D eigenvalue weighted by Gasteiger charge is -2.35. The van der Waals surface area contributed by atoms with E-state index in [0.29, 0.717) is 24.0 Å². The molecule has 1 heterocycles. The van der Waals surface area contributed by atoms with Crippen LogP contribution in [-0.4, -0.2) is 31.8 Å². The second kappa shape index (κ2) is 8.97. The first-order valence-corrected chi connectivity index (χ1v) is 8.84. The van der Waals surface area contributed by atoms with Gasteiger partial charge in [-0.05, 0) is 43.4 Å². The maximum atomic E-state index is 13.7. The van der Waals surface area contributed by atoms with Crippen LogP contribution in [0.25, 0.3) is 0 Å². The normalized spacial score (nSPS) is 19.5. The molecule has 1 saturated heterocycles. The number of rotatable bonds is 7. The highest BCUT2D eigenvalue weighted by atomic mass is 16.6. The van der Waals surface area contributed by atoms with Gasteiger partial charge in [0.1, 0.15) is 6.10 Å². The van der Waals surface area contributed by atoms with Crippen molar-refractivity contribution in [1.82, 2.24) is 5.32 Å². The molecule has 138 valence electrons. The van der Waals surface area contributed by atoms with Crippen LogP contribution in [0.1, 0.15) is 44.0 Å². The van der Waals surface area contributed by atoms with Gasteiger partial charge in [0.25, 0.3) is 0 Å². The number of carbonyl (C=O) groups excluding carboxylic acids is 1. The Morgan fingerprint density at radius 3 is 2.23 bits per heavy atom. The predicted molar refractivity (Wildman–Crippen MR) is 102 cm³/mol. The molecule has 0 aliphatic carbocycles. The first-order chi connectivity index (χ1) is 14.7. The molecule has 0 spiro atoms. The number of hydrogen-bond donors (Lipinski definition) is 1. The molecular weight excluding hydrogens is 326 g/mol. The van der Waals surface area contributed by atoms with Crippen LogP contribution in [0.3, 0.4) is 0 Å². The second-order valence-corrected chi connectivity index (χ2v) is 6.23. The fourth-order valence-corrected chi connectivity index (χ4v) is 3.27. The van der Waals surface area contributed by atoms with Crippen LogP contribution in [0.5, 0.6) is 0 Å². The fraction of sp³-hybridized carbons (Fsp3) is 0.409. The molecule has 4 heteroatoms. The van der Waals surface area contributed by atoms with E-state index >= 15 is 0 Å². The standard InChI is InChI=1S/C22H27NO3/c1-2-17-25-22(18-9-5-3-6-10-18,19-11-7-4-8-12-19)21(24)26-20-13-15-23-16-14-20/h3-12,20,23H,2,13-17H2,1H3/i1D3,2D2. The first kappa shape index (κ1) is 13.1. The molecule has 1 aliphatic rings. The van der Waals surface area contributed by atoms with Crippen molar-refractivity contribution in [3.63, 3.8) is 0 Å². The fourth-order valence-electron chi connectivity index (χ4n) is 3.27. The smallest absolute Gasteiger partial charge is 0.348 e. The summed E-state index contributed by atoms with van der Waals surface area (Å²) < 4.78 is 50.4. The Morgan fingerprint density at radius 1 is 1.12 bits per heavy atom. The van der Waals surface area contributed by atoms with Crippen LogP contribution >= 0.6 is 0 Å². The molecule has 0 radical (unpaired) electrons. The van der Waals surface area contributed by atoms with Crippen LogP contribution in [0.15, 0.2) is 60.7 Å². The lowest BCUT2D eigenvalue weighted by molar-refractivity contribution is -0.175. The first-order valence-electron chi connectivity index (χ1n) is 11.3. The summed E-state index contributed by atoms with van der Waals surface area (Å²) in [6.07, 6.45) is -1.65. The number of esters is 1. The molecule has 1 fully saturated rings. The molecule has 0 bridgehead atoms. The topological polar surface area (TPSA) is 47.6 Å². The quantitative estimate of drug-likeness (QED) is 0.768. The highest BCUT2D eigenvalue weighted by molar-refractivity contribution is 5.86. The molecular formula is C22H27NO3. The number of nitrogens with one attached hydrogen (secondary N) is 1. The largest absolute Gasteiger partial charge is 0.460 e. The van der Waals surface area contributed by atoms with Gasteiger partial charge in [0, 0.05) is 13.5 Å². The molecule has 0 aromatic heterocycles. The summed E-state index contributed by atoms with van der Waals surface area (Å²) in [5.41, 5.74) is -0.908. The van der Waals surface area contributed by atoms with E-state index in [2.05, 4.69) is 5.32 Å². The van der Waals surface area contributed by atoms with Gasteiger partial charge in [-0.1, -0.05) is 67.5 Å². The molecule has 26 heavy (non-hydrogen) atoms. The van der Waals surface area contributed by atoms with Crippen molar-refractivity contribution >= 4 is 5.97 Å². The average Bonchev–Trinajstić information content (AvgIpc) is 2.75. The van der Waals surface area contributed by atoms with Crippen molar-refractivity contribution in [2.24, 2.45) is 0 Å². The van der Waals surface area contributed by atoms with Crippen molar-refractivity contribution in [1.29, 1.82) is 0 Å². The zero-order valence-electron chi connectivity index (χ0n) is 19.6. The average molecular weight is 358 g/mol. The molecule has 1 aliphatic heterocycles. The van der Waals surface area contributed by atoms with Crippen molar-refractivity contribution in [2.45, 2.75) is 37.8 Å². The molecule has 0 saturated carbocycles. The lowest BCUT2D eigenvalue weighted by atomic mass is 9.85. The van der Waals surface area contributed by atoms with Crippen LogP contribution in [0, 0.1) is 0 Å². The Hall–Kier alpha value is -2.17. The van der Waals surface area contributed by atoms with Gasteiger partial charge in [0.05, 0.1) is 0 Å². The van der Waals surface area contributed by atoms with Crippen molar-refractivity contribution < 1.29 is 21.1 Å². The SMILES string of the molecule is [2H]C([2H])([2H])C([2H])([2H])COC(C(=O)OC1CCNCC1)(c1ccccc1)c1ccccc1. The number of piperidine rings is 1. The van der Waals surface area contributed by atoms with E-state index in [1.165, 1.54) is 0 Å². The molecule has 0 amide bonds. The summed E-state index contributed by atoms with van der Waals surface area (Å²) in [5, 5.41) is 3.22. The molecule has 2 aromatic carbocycles. The van der Waals surface area contributed by atoms with E-state index in [0.717, 1.165) is 13.1 Å². The number of carbonyl (C=O) groups is 1. The zero-order valence-corrected chi connectivity index (χ0v) is 14.6. The van der Waals surface area contributed by atoms with E-state index in [4.69, 9.17) is 16.3 Å². The lowest BCUT2D eigenvalue weighted by Crippen LogP contribution is -2.45. The Labute approximate surface area is 162 Å². The van der Waals surface area contributed by atoms with Gasteiger partial charge in [-0.2, -0.15) is 0 Å². The highest BCUT2D eigenvalue weighted by Gasteiger charge is 2.45. The summed E-state index contributed by atoms with van der Waals surface area (Å²) in [6.45, 7) is -2.27. The molecule has 0 unspecified atom stereocenters. The molecule has 4 nitrogen and oxygen atoms in total. The van der Waals surface area contributed by atoms with Crippen molar-refractivity contribution in [2.75, 3.05) is 19.7 Å². The van der Waals surface area contributed by atoms with Crippen LogP contribution < -0.4 is 5.32 Å². The van der Waals surface area contributed by atoms with Gasteiger partial charge in [-0.15, -0.1) is 0 Å². The van der Waals surface area contributed by atoms with Crippen molar-refractivity contribution in [3.8, 4) is 0 Å². The van der Waals surface area contributed by atoms with E-state index in [-0.39, 0.29) is 6.10 Å². The Bertz CT molecular complexity index is 813. The maximum Gasteiger partial charge on any atom is 0.348 e. The van der Waals surface area contributed by atoms with Gasteiger partial charge in [0.15, 0.2) is 0 Å². The predicted octanol–water partition coefficient (Wildman–Crippen LogP) is 3.65. The highest BCUT2D eigenvalue weighted by Crippen LogP contribution is 2.36. The third-order valence-electron chi connectivity index (χ3n) is 4.57. The van der Waals surface area contributed by atoms with Gasteiger partial charge in [-0.3, -0.25) is 0 Å². The van der Waals surface area contributed by atoms with Gasteiger partial charge in [-0.25, -0.2) is 4.79 Å². The molecule has 3 rings (SSSR count). The van der Waals surface area contributed by atoms with Crippen molar-refractivity contribution in [3.05, 3.63) is 71.8 Å². The Morgan fingerprint density at radius 2 is 1.69 bits per heavy atom. The number of benzene rings is 2. The third-order valence-corrected chi connectivity index (χ3v) is 4.57. The van der Waals surface area contributed by atoms with E-state index in [1.54, 1.807) is 60.7 Å². The minimum absolute atomic E-state index is 0.302. The summed E-state index contributed by atoms with van der Waals surface area (Å²) in [4.78, 5) is 13.7. The van der Waals surface area contributed by atoms with E-state index in [9.17, 15) is 4.79 Å². The molecule has 1 N–H and O–H groups in total. The summed E-state index contributed by atoms with van der Waals surface area (Å²) in [5.74, 6) is -0.682. The third kappa shape index (κ3) is 3.97. The monoisotopic (exact) mass is 358 g/mol.